The molecule has 49 nitrogen and oxygen atoms in total. The van der Waals surface area contributed by atoms with Crippen molar-refractivity contribution in [2.45, 2.75) is 278 Å². The molecule has 0 bridgehead atoms. The van der Waals surface area contributed by atoms with Gasteiger partial charge in [-0.1, -0.05) is 0 Å². The lowest BCUT2D eigenvalue weighted by atomic mass is 9.87. The van der Waals surface area contributed by atoms with E-state index in [1.165, 1.54) is 0 Å². The van der Waals surface area contributed by atoms with E-state index in [9.17, 15) is 156 Å². The molecule has 0 spiro atoms. The van der Waals surface area contributed by atoms with Crippen molar-refractivity contribution in [3.8, 4) is 0 Å². The zero-order chi connectivity index (χ0) is 81.5. The van der Waals surface area contributed by atoms with Gasteiger partial charge in [-0.15, -0.1) is 0 Å². The van der Waals surface area contributed by atoms with Crippen molar-refractivity contribution in [3.05, 3.63) is 0 Å². The highest BCUT2D eigenvalue weighted by Crippen LogP contribution is 2.44. The highest BCUT2D eigenvalue weighted by Gasteiger charge is 2.66. The molecule has 0 aromatic rings. The molecule has 0 aromatic carbocycles. The summed E-state index contributed by atoms with van der Waals surface area (Å²) in [5.41, 5.74) is 0. The van der Waals surface area contributed by atoms with Gasteiger partial charge in [0.2, 0.25) is 23.6 Å². The molecule has 4 amide bonds. The van der Waals surface area contributed by atoms with E-state index >= 15 is 0 Å². The molecule has 7 aliphatic rings. The first kappa shape index (κ1) is 91.1. The van der Waals surface area contributed by atoms with Gasteiger partial charge in [0.05, 0.1) is 82.7 Å². The topological polar surface area (TPSA) is 782 Å². The predicted molar refractivity (Wildman–Crippen MR) is 335 cm³/mol. The van der Waals surface area contributed by atoms with Crippen molar-refractivity contribution >= 4 is 41.5 Å². The van der Waals surface area contributed by atoms with E-state index in [4.69, 9.17) is 66.3 Å². The Bertz CT molecular complexity index is 3030. The van der Waals surface area contributed by atoms with Gasteiger partial charge < -0.3 is 210 Å². The molecule has 0 aromatic heterocycles. The Morgan fingerprint density at radius 3 is 1.13 bits per heavy atom. The number of carboxylic acids is 3. The zero-order valence-electron chi connectivity index (χ0n) is 58.6. The second kappa shape index (κ2) is 38.4. The van der Waals surface area contributed by atoms with Gasteiger partial charge in [-0.25, -0.2) is 14.4 Å². The van der Waals surface area contributed by atoms with Gasteiger partial charge in [0.15, 0.2) is 25.2 Å². The van der Waals surface area contributed by atoms with Crippen LogP contribution in [-0.4, -0.2) is 449 Å². The molecule has 28 N–H and O–H groups in total. The van der Waals surface area contributed by atoms with Gasteiger partial charge in [-0.3, -0.25) is 19.2 Å². The third-order valence-corrected chi connectivity index (χ3v) is 19.3. The predicted octanol–water partition coefficient (Wildman–Crippen LogP) is -17.4. The van der Waals surface area contributed by atoms with Gasteiger partial charge in [-0.05, 0) is 0 Å². The lowest BCUT2D eigenvalue weighted by Gasteiger charge is -2.53. The van der Waals surface area contributed by atoms with Crippen LogP contribution in [0.25, 0.3) is 0 Å². The highest BCUT2D eigenvalue weighted by molar-refractivity contribution is 5.78. The molecular weight excluding hydrogens is 1500 g/mol. The average Bonchev–Trinajstić information content (AvgIpc) is 0.744. The molecule has 0 saturated carbocycles. The van der Waals surface area contributed by atoms with E-state index in [1.807, 2.05) is 0 Å². The van der Waals surface area contributed by atoms with Gasteiger partial charge in [0.1, 0.15) is 153 Å². The number of aliphatic carboxylic acids is 3. The number of hydrogen-bond acceptors (Lipinski definition) is 42. The van der Waals surface area contributed by atoms with Crippen LogP contribution < -0.4 is 21.3 Å². The number of hydrogen-bond donors (Lipinski definition) is 28. The number of carbonyl (C=O) groups excluding carboxylic acids is 4. The van der Waals surface area contributed by atoms with Gasteiger partial charge in [0, 0.05) is 54.1 Å². The van der Waals surface area contributed by atoms with Gasteiger partial charge in [0.25, 0.3) is 17.4 Å². The number of aliphatic hydroxyl groups is 21. The van der Waals surface area contributed by atoms with E-state index in [0.717, 1.165) is 34.8 Å². The molecule has 0 radical (unpaired) electrons. The van der Waals surface area contributed by atoms with Crippen LogP contribution in [0.5, 0.6) is 0 Å². The molecule has 7 rings (SSSR count). The first-order chi connectivity index (χ1) is 51.1. The lowest BCUT2D eigenvalue weighted by Crippen LogP contribution is -2.73. The molecule has 109 heavy (non-hydrogen) atoms. The Kier molecular flexibility index (Phi) is 32.0. The first-order valence-electron chi connectivity index (χ1n) is 33.9. The minimum atomic E-state index is -3.74. The number of aliphatic hydroxyl groups excluding tert-OH is 21. The number of methoxy groups -OCH3 is 1. The van der Waals surface area contributed by atoms with Crippen LogP contribution in [0.15, 0.2) is 0 Å². The second-order valence-electron chi connectivity index (χ2n) is 27.0. The zero-order valence-corrected chi connectivity index (χ0v) is 58.6. The summed E-state index contributed by atoms with van der Waals surface area (Å²) in [5.74, 6) is -21.4. The Morgan fingerprint density at radius 1 is 0.385 bits per heavy atom. The normalized spacial score (nSPS) is 43.1. The summed E-state index contributed by atoms with van der Waals surface area (Å²) in [5, 5.41) is 276. The van der Waals surface area contributed by atoms with Crippen LogP contribution in [0, 0.1) is 0 Å². The Labute approximate surface area is 615 Å². The summed E-state index contributed by atoms with van der Waals surface area (Å²) in [6.07, 6.45) is -76.4. The van der Waals surface area contributed by atoms with Crippen molar-refractivity contribution < 1.29 is 222 Å². The third-order valence-electron chi connectivity index (χ3n) is 19.3. The third kappa shape index (κ3) is 19.8. The number of carboxylic acid groups (broad SMARTS) is 3. The molecule has 7 fully saturated rings. The van der Waals surface area contributed by atoms with Crippen LogP contribution >= 0.6 is 0 Å². The Balaban J connectivity index is 1.32. The van der Waals surface area contributed by atoms with Crippen molar-refractivity contribution in [2.75, 3.05) is 53.4 Å². The summed E-state index contributed by atoms with van der Waals surface area (Å²) < 4.78 is 81.5. The van der Waals surface area contributed by atoms with Crippen LogP contribution in [0.4, 0.5) is 0 Å². The molecule has 628 valence electrons. The van der Waals surface area contributed by atoms with E-state index < -0.39 is 339 Å². The quantitative estimate of drug-likeness (QED) is 0.0290. The maximum Gasteiger partial charge on any atom is 0.364 e. The van der Waals surface area contributed by atoms with Crippen LogP contribution in [0.2, 0.25) is 0 Å². The van der Waals surface area contributed by atoms with Crippen LogP contribution in [0.3, 0.4) is 0 Å². The molecule has 7 aliphatic heterocycles. The fourth-order valence-electron chi connectivity index (χ4n) is 13.9. The maximum atomic E-state index is 14.2. The lowest BCUT2D eigenvalue weighted by molar-refractivity contribution is -0.405. The minimum Gasteiger partial charge on any atom is -0.477 e. The van der Waals surface area contributed by atoms with Gasteiger partial charge >= 0.3 is 17.9 Å². The standard InChI is InChI=1S/C60H98N4O45/c1-16(72)61-30-20(76)6-58(55(90)91,105-46(30)34(81)23(79)9-65)104-27(13-69)38(85)48-32(63-18(3)74)22(78)8-60(107-48,57(94)95)109-50-42(89)54(101-43-28(14-70)99-52(96-5)40(87)39(43)86)100-29(15-71)44(50)102-51-33(64-19(4)75)45(36(83)25(11-67)97-51)103-53-41(88)49(37(84)26(12-68)98-53)108-59(56(92)93)7-21(77)31(62-17(2)73)47(106-59)35(82)24(80)10-66/h20-54,65-71,76-89H,6-15H2,1-5H3,(H,61,72)(H,62,73)(H,63,74)(H,64,75)(H,90,91)(H,92,93)(H,94,95)/t20-,21-,22-,23?,24?,25?,26?,27?,28?,29?,30-,31-,32-,33?,34?,35?,36+,37+,38?,39-,40?,41?,42?,43-,44+,45-,46?,47?,48?,49+,50-,51+,52-,53+,54+,58-,59+,60+/m1/s1. The van der Waals surface area contributed by atoms with E-state index in [0.29, 0.717) is 0 Å². The monoisotopic (exact) mass is 1590 g/mol. The van der Waals surface area contributed by atoms with Crippen molar-refractivity contribution in [3.63, 3.8) is 0 Å². The number of nitrogens with one attached hydrogen (secondary N) is 4. The fraction of sp³-hybridized carbons (Fsp3) is 0.883. The van der Waals surface area contributed by atoms with Crippen molar-refractivity contribution in [1.29, 1.82) is 0 Å². The Morgan fingerprint density at radius 2 is 0.725 bits per heavy atom. The first-order valence-corrected chi connectivity index (χ1v) is 33.9. The highest BCUT2D eigenvalue weighted by atomic mass is 16.8. The molecule has 7 heterocycles. The second-order valence-corrected chi connectivity index (χ2v) is 27.0. The summed E-state index contributed by atoms with van der Waals surface area (Å²) in [6.45, 7) is -5.73. The Hall–Kier alpha value is -5.11. The van der Waals surface area contributed by atoms with Crippen LogP contribution in [0.1, 0.15) is 47.0 Å². The average molecular weight is 1600 g/mol. The smallest absolute Gasteiger partial charge is 0.364 e. The van der Waals surface area contributed by atoms with E-state index in [1.54, 1.807) is 0 Å². The molecule has 49 heteroatoms. The largest absolute Gasteiger partial charge is 0.477 e. The summed E-state index contributed by atoms with van der Waals surface area (Å²) in [4.78, 5) is 91.8. The summed E-state index contributed by atoms with van der Waals surface area (Å²) in [7, 11) is 1.02. The number of rotatable bonds is 33. The maximum absolute atomic E-state index is 14.2. The van der Waals surface area contributed by atoms with E-state index in [-0.39, 0.29) is 0 Å². The molecule has 0 aliphatic carbocycles. The molecular formula is C60H98N4O45. The number of carbonyl (C=O) groups is 7. The van der Waals surface area contributed by atoms with Crippen molar-refractivity contribution in [1.82, 2.24) is 21.3 Å². The molecule has 38 atom stereocenters. The van der Waals surface area contributed by atoms with Crippen molar-refractivity contribution in [2.24, 2.45) is 0 Å². The van der Waals surface area contributed by atoms with E-state index in [2.05, 4.69) is 21.3 Å². The summed E-state index contributed by atoms with van der Waals surface area (Å²) >= 11 is 0. The SMILES string of the molecule is CO[C@@H]1OC(CO)[C@@H](O[C@@H]2OC(CO)[C@H](O[C@@H]3OC(CO)[C@H](O)[C@H](O[C@@H]4OC(CO)[C@H](O)[C@H](O[C@]5(C(=O)O)C[C@@H](O)[C@@H](NC(C)=O)C(C(O)C(O)CO)O5)C4O)C3NC(C)=O)[C@H](O[C@]3(C(=O)O)C[C@@H](O)[C@@H](NC(C)=O)C(C(O)C(CO)O[C@]4(C(=O)O)C[C@@H](O)[C@@H](NC(C)=O)C(C(O)C(O)CO)O4)O3)C2O)[C@H](O)C1O. The molecule has 17 unspecified atom stereocenters. The summed E-state index contributed by atoms with van der Waals surface area (Å²) in [6, 6.07) is -7.98. The minimum absolute atomic E-state index is 0.819. The fourth-order valence-corrected chi connectivity index (χ4v) is 13.9. The van der Waals surface area contributed by atoms with Gasteiger partial charge in [-0.2, -0.15) is 0 Å². The molecule has 7 saturated heterocycles. The number of amides is 4. The number of ether oxygens (including phenoxy) is 14. The van der Waals surface area contributed by atoms with Crippen LogP contribution in [-0.2, 0) is 99.9 Å².